The van der Waals surface area contributed by atoms with Gasteiger partial charge in [-0.05, 0) is 37.0 Å². The van der Waals surface area contributed by atoms with Gasteiger partial charge in [-0.3, -0.25) is 4.79 Å². The van der Waals surface area contributed by atoms with Gasteiger partial charge in [0, 0.05) is 0 Å². The molecule has 5 nitrogen and oxygen atoms in total. The van der Waals surface area contributed by atoms with Crippen molar-refractivity contribution in [3.63, 3.8) is 0 Å². The van der Waals surface area contributed by atoms with Gasteiger partial charge in [-0.2, -0.15) is 0 Å². The molecular formula is C13H17NO4. The van der Waals surface area contributed by atoms with E-state index in [-0.39, 0.29) is 12.5 Å². The van der Waals surface area contributed by atoms with E-state index in [2.05, 4.69) is 0 Å². The molecule has 1 aliphatic carbocycles. The lowest BCUT2D eigenvalue weighted by atomic mass is 10.1. The summed E-state index contributed by atoms with van der Waals surface area (Å²) in [5.74, 6) is 0.320. The molecule has 1 aromatic carbocycles. The zero-order valence-corrected chi connectivity index (χ0v) is 10.3. The molecule has 1 saturated carbocycles. The average molecular weight is 251 g/mol. The van der Waals surface area contributed by atoms with Crippen LogP contribution >= 0.6 is 0 Å². The van der Waals surface area contributed by atoms with Crippen LogP contribution in [0.2, 0.25) is 0 Å². The Kier molecular flexibility index (Phi) is 3.72. The summed E-state index contributed by atoms with van der Waals surface area (Å²) in [7, 11) is 1.58. The van der Waals surface area contributed by atoms with Gasteiger partial charge in [0.25, 0.3) is 0 Å². The Morgan fingerprint density at radius 3 is 2.78 bits per heavy atom. The second kappa shape index (κ2) is 5.27. The molecular weight excluding hydrogens is 234 g/mol. The summed E-state index contributed by atoms with van der Waals surface area (Å²) in [6, 6.07) is 4.50. The highest BCUT2D eigenvalue weighted by molar-refractivity contribution is 5.73. The van der Waals surface area contributed by atoms with Gasteiger partial charge in [0.1, 0.15) is 6.04 Å². The van der Waals surface area contributed by atoms with E-state index in [1.54, 1.807) is 25.3 Å². The summed E-state index contributed by atoms with van der Waals surface area (Å²) < 4.78 is 10.9. The van der Waals surface area contributed by atoms with E-state index in [1.165, 1.54) is 0 Å². The fraction of sp³-hybridized carbons (Fsp3) is 0.462. The standard InChI is InChI=1S/C13H17NO4/c1-17-11-5-2-8(6-10(14)13(15)16)7-12(11)18-9-3-4-9/h2,5,7,9-10H,3-4,6,14H2,1H3,(H,15,16). The fourth-order valence-corrected chi connectivity index (χ4v) is 1.65. The number of aliphatic carboxylic acids is 1. The minimum absolute atomic E-state index is 0.266. The molecule has 18 heavy (non-hydrogen) atoms. The lowest BCUT2D eigenvalue weighted by Gasteiger charge is -2.13. The van der Waals surface area contributed by atoms with E-state index in [0.29, 0.717) is 11.5 Å². The third kappa shape index (κ3) is 3.13. The minimum atomic E-state index is -1.00. The maximum Gasteiger partial charge on any atom is 0.320 e. The zero-order valence-electron chi connectivity index (χ0n) is 10.3. The lowest BCUT2D eigenvalue weighted by molar-refractivity contribution is -0.138. The van der Waals surface area contributed by atoms with Crippen molar-refractivity contribution in [3.05, 3.63) is 23.8 Å². The molecule has 0 aliphatic heterocycles. The van der Waals surface area contributed by atoms with Crippen LogP contribution in [0.4, 0.5) is 0 Å². The summed E-state index contributed by atoms with van der Waals surface area (Å²) in [5.41, 5.74) is 6.35. The molecule has 0 bridgehead atoms. The molecule has 5 heteroatoms. The van der Waals surface area contributed by atoms with Crippen molar-refractivity contribution in [1.82, 2.24) is 0 Å². The highest BCUT2D eigenvalue weighted by atomic mass is 16.5. The number of benzene rings is 1. The summed E-state index contributed by atoms with van der Waals surface area (Å²) in [4.78, 5) is 10.7. The summed E-state index contributed by atoms with van der Waals surface area (Å²) >= 11 is 0. The Morgan fingerprint density at radius 2 is 2.22 bits per heavy atom. The first-order chi connectivity index (χ1) is 8.60. The van der Waals surface area contributed by atoms with Crippen LogP contribution in [-0.4, -0.2) is 30.3 Å². The first kappa shape index (κ1) is 12.7. The fourth-order valence-electron chi connectivity index (χ4n) is 1.65. The van der Waals surface area contributed by atoms with E-state index >= 15 is 0 Å². The average Bonchev–Trinajstić information content (AvgIpc) is 3.13. The predicted octanol–water partition coefficient (Wildman–Crippen LogP) is 1.19. The first-order valence-electron chi connectivity index (χ1n) is 5.92. The topological polar surface area (TPSA) is 81.8 Å². The summed E-state index contributed by atoms with van der Waals surface area (Å²) in [5, 5.41) is 8.79. The predicted molar refractivity (Wildman–Crippen MR) is 66.0 cm³/mol. The number of carbonyl (C=O) groups is 1. The summed E-state index contributed by atoms with van der Waals surface area (Å²) in [6.07, 6.45) is 2.66. The van der Waals surface area contributed by atoms with Gasteiger partial charge in [-0.1, -0.05) is 6.07 Å². The second-order valence-corrected chi connectivity index (χ2v) is 4.45. The van der Waals surface area contributed by atoms with Crippen molar-refractivity contribution < 1.29 is 19.4 Å². The SMILES string of the molecule is COc1ccc(CC(N)C(=O)O)cc1OC1CC1. The van der Waals surface area contributed by atoms with E-state index in [4.69, 9.17) is 20.3 Å². The van der Waals surface area contributed by atoms with Crippen LogP contribution in [0.25, 0.3) is 0 Å². The quantitative estimate of drug-likeness (QED) is 0.793. The molecule has 2 rings (SSSR count). The molecule has 0 amide bonds. The number of methoxy groups -OCH3 is 1. The highest BCUT2D eigenvalue weighted by Crippen LogP contribution is 2.34. The van der Waals surface area contributed by atoms with Gasteiger partial charge in [0.05, 0.1) is 13.2 Å². The summed E-state index contributed by atoms with van der Waals surface area (Å²) in [6.45, 7) is 0. The largest absolute Gasteiger partial charge is 0.493 e. The van der Waals surface area contributed by atoms with Crippen molar-refractivity contribution in [1.29, 1.82) is 0 Å². The molecule has 98 valence electrons. The molecule has 0 spiro atoms. The molecule has 3 N–H and O–H groups in total. The molecule has 1 atom stereocenters. The van der Waals surface area contributed by atoms with Gasteiger partial charge in [0.15, 0.2) is 11.5 Å². The van der Waals surface area contributed by atoms with Crippen molar-refractivity contribution in [3.8, 4) is 11.5 Å². The van der Waals surface area contributed by atoms with E-state index in [0.717, 1.165) is 18.4 Å². The highest BCUT2D eigenvalue weighted by Gasteiger charge is 2.25. The number of rotatable bonds is 6. The van der Waals surface area contributed by atoms with Gasteiger partial charge in [-0.25, -0.2) is 0 Å². The van der Waals surface area contributed by atoms with Crippen LogP contribution in [0.5, 0.6) is 11.5 Å². The van der Waals surface area contributed by atoms with Gasteiger partial charge in [0.2, 0.25) is 0 Å². The molecule has 0 aromatic heterocycles. The van der Waals surface area contributed by atoms with Gasteiger partial charge >= 0.3 is 5.97 Å². The van der Waals surface area contributed by atoms with Crippen LogP contribution in [0.3, 0.4) is 0 Å². The molecule has 1 aromatic rings. The number of hydrogen-bond acceptors (Lipinski definition) is 4. The minimum Gasteiger partial charge on any atom is -0.493 e. The molecule has 1 aliphatic rings. The van der Waals surface area contributed by atoms with E-state index < -0.39 is 12.0 Å². The van der Waals surface area contributed by atoms with Crippen molar-refractivity contribution in [2.24, 2.45) is 5.73 Å². The number of carboxylic acid groups (broad SMARTS) is 1. The monoisotopic (exact) mass is 251 g/mol. The lowest BCUT2D eigenvalue weighted by Crippen LogP contribution is -2.32. The van der Waals surface area contributed by atoms with Crippen molar-refractivity contribution in [2.45, 2.75) is 31.4 Å². The maximum atomic E-state index is 10.7. The second-order valence-electron chi connectivity index (χ2n) is 4.45. The smallest absolute Gasteiger partial charge is 0.320 e. The Hall–Kier alpha value is -1.75. The number of carboxylic acids is 1. The van der Waals surface area contributed by atoms with E-state index in [1.807, 2.05) is 0 Å². The van der Waals surface area contributed by atoms with Crippen LogP contribution in [0.1, 0.15) is 18.4 Å². The Balaban J connectivity index is 2.13. The molecule has 1 unspecified atom stereocenters. The van der Waals surface area contributed by atoms with Gasteiger partial charge in [-0.15, -0.1) is 0 Å². The normalized spacial score (nSPS) is 16.1. The Labute approximate surface area is 106 Å². The number of hydrogen-bond donors (Lipinski definition) is 2. The zero-order chi connectivity index (χ0) is 13.1. The maximum absolute atomic E-state index is 10.7. The van der Waals surface area contributed by atoms with Crippen molar-refractivity contribution in [2.75, 3.05) is 7.11 Å². The van der Waals surface area contributed by atoms with Crippen molar-refractivity contribution >= 4 is 5.97 Å². The molecule has 0 radical (unpaired) electrons. The molecule has 0 saturated heterocycles. The third-order valence-corrected chi connectivity index (χ3v) is 2.82. The Morgan fingerprint density at radius 1 is 1.50 bits per heavy atom. The van der Waals surface area contributed by atoms with Crippen LogP contribution in [0.15, 0.2) is 18.2 Å². The number of ether oxygens (including phenoxy) is 2. The van der Waals surface area contributed by atoms with E-state index in [9.17, 15) is 4.79 Å². The molecule has 1 fully saturated rings. The van der Waals surface area contributed by atoms with Crippen LogP contribution in [-0.2, 0) is 11.2 Å². The number of nitrogens with two attached hydrogens (primary N) is 1. The third-order valence-electron chi connectivity index (χ3n) is 2.82. The first-order valence-corrected chi connectivity index (χ1v) is 5.92. The Bertz CT molecular complexity index is 443. The van der Waals surface area contributed by atoms with Gasteiger partial charge < -0.3 is 20.3 Å². The van der Waals surface area contributed by atoms with Crippen LogP contribution < -0.4 is 15.2 Å². The van der Waals surface area contributed by atoms with Crippen LogP contribution in [0, 0.1) is 0 Å². The molecule has 0 heterocycles.